The molecule has 3 aliphatic rings. The lowest BCUT2D eigenvalue weighted by atomic mass is 9.85. The summed E-state index contributed by atoms with van der Waals surface area (Å²) in [6, 6.07) is 15.2. The van der Waals surface area contributed by atoms with Crippen LogP contribution in [0.3, 0.4) is 0 Å². The third kappa shape index (κ3) is 7.83. The van der Waals surface area contributed by atoms with E-state index >= 15 is 0 Å². The lowest BCUT2D eigenvalue weighted by Gasteiger charge is -2.26. The van der Waals surface area contributed by atoms with Crippen molar-refractivity contribution in [2.75, 3.05) is 31.1 Å². The maximum atomic E-state index is 10.6. The van der Waals surface area contributed by atoms with Gasteiger partial charge in [0.2, 0.25) is 0 Å². The van der Waals surface area contributed by atoms with Gasteiger partial charge in [-0.2, -0.15) is 26.3 Å². The summed E-state index contributed by atoms with van der Waals surface area (Å²) in [5.74, 6) is -4.54. The van der Waals surface area contributed by atoms with Crippen LogP contribution in [0.15, 0.2) is 48.7 Å². The summed E-state index contributed by atoms with van der Waals surface area (Å²) in [6.45, 7) is 5.85. The average molecular weight is 547 g/mol. The molecule has 13 heteroatoms. The van der Waals surface area contributed by atoms with Gasteiger partial charge < -0.3 is 20.0 Å². The van der Waals surface area contributed by atoms with E-state index in [1.54, 1.807) is 0 Å². The number of anilines is 1. The molecule has 2 aromatic rings. The Morgan fingerprint density at radius 1 is 0.921 bits per heavy atom. The number of pyridine rings is 1. The molecular formula is C25H27F6N3O4. The Bertz CT molecular complexity index is 1080. The number of fused-ring (bicyclic) bond motifs is 2. The number of alkyl halides is 6. The topological polar surface area (TPSA) is 94.0 Å². The number of aromatic nitrogens is 1. The van der Waals surface area contributed by atoms with E-state index in [1.807, 2.05) is 6.20 Å². The monoisotopic (exact) mass is 547 g/mol. The molecule has 5 rings (SSSR count). The first kappa shape index (κ1) is 29.2. The van der Waals surface area contributed by atoms with E-state index in [0.29, 0.717) is 0 Å². The molecule has 1 aliphatic carbocycles. The molecule has 0 radical (unpaired) electrons. The smallest absolute Gasteiger partial charge is 0.475 e. The molecule has 1 aromatic heterocycles. The first-order valence-electron chi connectivity index (χ1n) is 11.8. The molecule has 1 saturated carbocycles. The quantitative estimate of drug-likeness (QED) is 0.535. The summed E-state index contributed by atoms with van der Waals surface area (Å²) in [5.41, 5.74) is 4.34. The van der Waals surface area contributed by atoms with Crippen molar-refractivity contribution in [2.45, 2.75) is 43.6 Å². The maximum Gasteiger partial charge on any atom is 0.490 e. The normalized spacial score (nSPS) is 20.7. The molecule has 1 atom stereocenters. The van der Waals surface area contributed by atoms with Gasteiger partial charge in [0.1, 0.15) is 0 Å². The summed E-state index contributed by atoms with van der Waals surface area (Å²) in [7, 11) is 0. The van der Waals surface area contributed by atoms with E-state index < -0.39 is 24.3 Å². The standard InChI is InChI=1S/C21H25N3.2C2HF3O2/c1-2-5-17(6-3-1)14-24-16-21(20-19(24)7-4-11-22-20)10-12-23(15-21)13-18-8-9-18;2*3-2(4,5)1(6)7/h1-7,11,18H,8-10,12-16H2;2*(H,6,7). The van der Waals surface area contributed by atoms with Crippen LogP contribution in [-0.2, 0) is 21.5 Å². The Kier molecular flexibility index (Phi) is 8.90. The summed E-state index contributed by atoms with van der Waals surface area (Å²) < 4.78 is 63.5. The lowest BCUT2D eigenvalue weighted by molar-refractivity contribution is -0.193. The highest BCUT2D eigenvalue weighted by atomic mass is 19.4. The number of hydrogen-bond donors (Lipinski definition) is 2. The molecule has 0 bridgehead atoms. The molecule has 1 saturated heterocycles. The van der Waals surface area contributed by atoms with Crippen molar-refractivity contribution in [3.8, 4) is 0 Å². The summed E-state index contributed by atoms with van der Waals surface area (Å²) in [6.07, 6.45) is -4.04. The largest absolute Gasteiger partial charge is 0.490 e. The van der Waals surface area contributed by atoms with Gasteiger partial charge >= 0.3 is 24.3 Å². The molecular weight excluding hydrogens is 520 g/mol. The predicted molar refractivity (Wildman–Crippen MR) is 125 cm³/mol. The highest BCUT2D eigenvalue weighted by molar-refractivity contribution is 5.73. The van der Waals surface area contributed by atoms with E-state index in [2.05, 4.69) is 52.3 Å². The Hall–Kier alpha value is -3.35. The molecule has 3 heterocycles. The molecule has 0 amide bonds. The van der Waals surface area contributed by atoms with E-state index in [9.17, 15) is 26.3 Å². The number of hydrogen-bond acceptors (Lipinski definition) is 5. The Morgan fingerprint density at radius 2 is 1.50 bits per heavy atom. The first-order valence-corrected chi connectivity index (χ1v) is 11.8. The zero-order chi connectivity index (χ0) is 28.1. The fourth-order valence-corrected chi connectivity index (χ4v) is 4.63. The maximum absolute atomic E-state index is 10.6. The molecule has 38 heavy (non-hydrogen) atoms. The van der Waals surface area contributed by atoms with Crippen molar-refractivity contribution in [2.24, 2.45) is 5.92 Å². The SMILES string of the molecule is O=C(O)C(F)(F)F.O=C(O)C(F)(F)F.c1ccc(CN2CC3(CCN(CC4CC4)C3)c3ncccc32)cc1. The minimum atomic E-state index is -5.08. The Labute approximate surface area is 214 Å². The van der Waals surface area contributed by atoms with Gasteiger partial charge in [-0.05, 0) is 49.4 Å². The van der Waals surface area contributed by atoms with E-state index in [0.717, 1.165) is 19.0 Å². The number of benzene rings is 1. The Balaban J connectivity index is 0.000000239. The van der Waals surface area contributed by atoms with Gasteiger partial charge in [-0.25, -0.2) is 9.59 Å². The number of halogens is 6. The van der Waals surface area contributed by atoms with Crippen LogP contribution in [0.5, 0.6) is 0 Å². The van der Waals surface area contributed by atoms with E-state index in [-0.39, 0.29) is 5.41 Å². The van der Waals surface area contributed by atoms with Crippen LogP contribution in [0.1, 0.15) is 30.5 Å². The fraction of sp³-hybridized carbons (Fsp3) is 0.480. The third-order valence-corrected chi connectivity index (χ3v) is 6.47. The molecule has 208 valence electrons. The second-order valence-corrected chi connectivity index (χ2v) is 9.53. The number of carboxylic acid groups (broad SMARTS) is 2. The van der Waals surface area contributed by atoms with Gasteiger partial charge in [0.15, 0.2) is 0 Å². The molecule has 1 spiro atoms. The van der Waals surface area contributed by atoms with Crippen molar-refractivity contribution in [3.63, 3.8) is 0 Å². The van der Waals surface area contributed by atoms with Crippen LogP contribution >= 0.6 is 0 Å². The summed E-state index contributed by atoms with van der Waals surface area (Å²) >= 11 is 0. The Morgan fingerprint density at radius 3 is 2.03 bits per heavy atom. The van der Waals surface area contributed by atoms with Crippen molar-refractivity contribution in [1.29, 1.82) is 0 Å². The van der Waals surface area contributed by atoms with Crippen LogP contribution in [-0.4, -0.2) is 70.6 Å². The van der Waals surface area contributed by atoms with Gasteiger partial charge in [0.25, 0.3) is 0 Å². The summed E-state index contributed by atoms with van der Waals surface area (Å²) in [5, 5.41) is 14.2. The van der Waals surface area contributed by atoms with Crippen LogP contribution < -0.4 is 4.90 Å². The highest BCUT2D eigenvalue weighted by Gasteiger charge is 2.48. The molecule has 2 N–H and O–H groups in total. The van der Waals surface area contributed by atoms with Crippen molar-refractivity contribution in [3.05, 3.63) is 59.9 Å². The van der Waals surface area contributed by atoms with Crippen molar-refractivity contribution in [1.82, 2.24) is 9.88 Å². The number of likely N-dealkylation sites (tertiary alicyclic amines) is 1. The number of carboxylic acids is 2. The van der Waals surface area contributed by atoms with Crippen molar-refractivity contribution < 1.29 is 46.1 Å². The van der Waals surface area contributed by atoms with Gasteiger partial charge in [-0.1, -0.05) is 30.3 Å². The van der Waals surface area contributed by atoms with Gasteiger partial charge in [0.05, 0.1) is 11.4 Å². The average Bonchev–Trinajstić information content (AvgIpc) is 3.49. The molecule has 2 fully saturated rings. The lowest BCUT2D eigenvalue weighted by Crippen LogP contribution is -2.37. The second kappa shape index (κ2) is 11.6. The highest BCUT2D eigenvalue weighted by Crippen LogP contribution is 2.46. The number of aliphatic carboxylic acids is 2. The number of carbonyl (C=O) groups is 2. The minimum absolute atomic E-state index is 0.250. The molecule has 2 aliphatic heterocycles. The molecule has 1 unspecified atom stereocenters. The third-order valence-electron chi connectivity index (χ3n) is 6.47. The van der Waals surface area contributed by atoms with Crippen molar-refractivity contribution >= 4 is 17.6 Å². The van der Waals surface area contributed by atoms with E-state index in [4.69, 9.17) is 24.8 Å². The number of rotatable bonds is 4. The van der Waals surface area contributed by atoms with Crippen LogP contribution in [0.4, 0.5) is 32.0 Å². The zero-order valence-electron chi connectivity index (χ0n) is 20.2. The number of nitrogens with zero attached hydrogens (tertiary/aromatic N) is 3. The van der Waals surface area contributed by atoms with Gasteiger partial charge in [-0.15, -0.1) is 0 Å². The zero-order valence-corrected chi connectivity index (χ0v) is 20.2. The van der Waals surface area contributed by atoms with Crippen LogP contribution in [0.25, 0.3) is 0 Å². The fourth-order valence-electron chi connectivity index (χ4n) is 4.63. The van der Waals surface area contributed by atoms with Crippen LogP contribution in [0.2, 0.25) is 0 Å². The second-order valence-electron chi connectivity index (χ2n) is 9.53. The van der Waals surface area contributed by atoms with E-state index in [1.165, 1.54) is 55.8 Å². The first-order chi connectivity index (χ1) is 17.7. The minimum Gasteiger partial charge on any atom is -0.475 e. The van der Waals surface area contributed by atoms with Gasteiger partial charge in [-0.3, -0.25) is 4.98 Å². The molecule has 1 aromatic carbocycles. The predicted octanol–water partition coefficient (Wildman–Crippen LogP) is 4.72. The molecule has 7 nitrogen and oxygen atoms in total. The van der Waals surface area contributed by atoms with Gasteiger partial charge in [0, 0.05) is 37.8 Å². The summed E-state index contributed by atoms with van der Waals surface area (Å²) in [4.78, 5) is 27.9. The van der Waals surface area contributed by atoms with Crippen LogP contribution in [0, 0.1) is 5.92 Å².